The van der Waals surface area contributed by atoms with E-state index in [1.165, 1.54) is 25.7 Å². The highest BCUT2D eigenvalue weighted by Crippen LogP contribution is 2.27. The summed E-state index contributed by atoms with van der Waals surface area (Å²) in [7, 11) is 2.17. The van der Waals surface area contributed by atoms with Gasteiger partial charge in [0, 0.05) is 25.2 Å². The number of amides is 1. The first-order chi connectivity index (χ1) is 10.2. The molecule has 0 saturated heterocycles. The van der Waals surface area contributed by atoms with E-state index in [-0.39, 0.29) is 6.09 Å². The summed E-state index contributed by atoms with van der Waals surface area (Å²) in [5, 5.41) is 2.83. The van der Waals surface area contributed by atoms with Crippen LogP contribution in [-0.4, -0.2) is 48.8 Å². The number of nitrogens with two attached hydrogens (primary N) is 1. The number of rotatable bonds is 6. The highest BCUT2D eigenvalue weighted by molar-refractivity contribution is 5.67. The molecule has 5 heteroatoms. The zero-order valence-corrected chi connectivity index (χ0v) is 15.0. The van der Waals surface area contributed by atoms with Gasteiger partial charge in [-0.2, -0.15) is 0 Å². The van der Waals surface area contributed by atoms with Gasteiger partial charge in [-0.15, -0.1) is 0 Å². The summed E-state index contributed by atoms with van der Waals surface area (Å²) >= 11 is 0. The van der Waals surface area contributed by atoms with Crippen molar-refractivity contribution >= 4 is 6.09 Å². The third-order valence-corrected chi connectivity index (χ3v) is 4.48. The fourth-order valence-corrected chi connectivity index (χ4v) is 3.21. The van der Waals surface area contributed by atoms with E-state index >= 15 is 0 Å². The SMILES string of the molecule is CC1CCCC(N(C)C(CN)CCNC(=O)OC(C)(C)C)C1. The van der Waals surface area contributed by atoms with Crippen molar-refractivity contribution in [2.75, 3.05) is 20.1 Å². The van der Waals surface area contributed by atoms with Crippen LogP contribution in [-0.2, 0) is 4.74 Å². The predicted octanol–water partition coefficient (Wildman–Crippen LogP) is 2.74. The molecular weight excluding hydrogens is 278 g/mol. The molecule has 0 heterocycles. The third kappa shape index (κ3) is 6.97. The lowest BCUT2D eigenvalue weighted by molar-refractivity contribution is 0.0518. The van der Waals surface area contributed by atoms with Crippen LogP contribution in [0.2, 0.25) is 0 Å². The monoisotopic (exact) mass is 313 g/mol. The van der Waals surface area contributed by atoms with Crippen molar-refractivity contribution in [1.29, 1.82) is 0 Å². The molecule has 1 fully saturated rings. The largest absolute Gasteiger partial charge is 0.444 e. The van der Waals surface area contributed by atoms with Gasteiger partial charge in [-0.3, -0.25) is 4.90 Å². The van der Waals surface area contributed by atoms with E-state index in [1.54, 1.807) is 0 Å². The zero-order chi connectivity index (χ0) is 16.8. The number of hydrogen-bond donors (Lipinski definition) is 2. The van der Waals surface area contributed by atoms with Gasteiger partial charge in [0.15, 0.2) is 0 Å². The molecular formula is C17H35N3O2. The molecule has 0 aromatic heterocycles. The summed E-state index contributed by atoms with van der Waals surface area (Å²) in [5.41, 5.74) is 5.50. The van der Waals surface area contributed by atoms with Crippen LogP contribution in [0.1, 0.15) is 59.8 Å². The smallest absolute Gasteiger partial charge is 0.407 e. The van der Waals surface area contributed by atoms with Gasteiger partial charge in [0.05, 0.1) is 0 Å². The molecule has 1 aliphatic rings. The minimum Gasteiger partial charge on any atom is -0.444 e. The van der Waals surface area contributed by atoms with Gasteiger partial charge in [0.1, 0.15) is 5.60 Å². The van der Waals surface area contributed by atoms with Crippen LogP contribution in [0.3, 0.4) is 0 Å². The van der Waals surface area contributed by atoms with E-state index < -0.39 is 5.60 Å². The number of hydrogen-bond acceptors (Lipinski definition) is 4. The van der Waals surface area contributed by atoms with Crippen molar-refractivity contribution in [3.05, 3.63) is 0 Å². The lowest BCUT2D eigenvalue weighted by Crippen LogP contribution is -2.47. The van der Waals surface area contributed by atoms with Gasteiger partial charge in [-0.1, -0.05) is 19.8 Å². The molecule has 3 atom stereocenters. The average molecular weight is 313 g/mol. The lowest BCUT2D eigenvalue weighted by atomic mass is 9.85. The number of nitrogens with one attached hydrogen (secondary N) is 1. The van der Waals surface area contributed by atoms with E-state index in [0.717, 1.165) is 12.3 Å². The Morgan fingerprint density at radius 1 is 1.41 bits per heavy atom. The van der Waals surface area contributed by atoms with Crippen molar-refractivity contribution in [3.63, 3.8) is 0 Å². The lowest BCUT2D eigenvalue weighted by Gasteiger charge is -2.38. The number of nitrogens with zero attached hydrogens (tertiary/aromatic N) is 1. The Labute approximate surface area is 135 Å². The molecule has 0 aromatic carbocycles. The highest BCUT2D eigenvalue weighted by Gasteiger charge is 2.26. The zero-order valence-electron chi connectivity index (χ0n) is 15.0. The van der Waals surface area contributed by atoms with Gasteiger partial charge < -0.3 is 15.8 Å². The Bertz CT molecular complexity index is 341. The summed E-state index contributed by atoms with van der Waals surface area (Å²) < 4.78 is 5.25. The standard InChI is InChI=1S/C17H35N3O2/c1-13-7-6-8-14(11-13)20(5)15(12-18)9-10-19-16(21)22-17(2,3)4/h13-15H,6-12,18H2,1-5H3,(H,19,21). The number of carbonyl (C=O) groups excluding carboxylic acids is 1. The van der Waals surface area contributed by atoms with Gasteiger partial charge in [-0.05, 0) is 53.0 Å². The second kappa shape index (κ2) is 8.73. The maximum atomic E-state index is 11.7. The topological polar surface area (TPSA) is 67.6 Å². The Morgan fingerprint density at radius 2 is 2.09 bits per heavy atom. The summed E-state index contributed by atoms with van der Waals surface area (Å²) in [4.78, 5) is 14.1. The van der Waals surface area contributed by atoms with Crippen LogP contribution in [0, 0.1) is 5.92 Å². The molecule has 3 N–H and O–H groups in total. The van der Waals surface area contributed by atoms with Crippen LogP contribution in [0.25, 0.3) is 0 Å². The van der Waals surface area contributed by atoms with Crippen molar-refractivity contribution < 1.29 is 9.53 Å². The van der Waals surface area contributed by atoms with Crippen LogP contribution >= 0.6 is 0 Å². The second-order valence-electron chi connectivity index (χ2n) is 7.70. The van der Waals surface area contributed by atoms with Crippen molar-refractivity contribution in [1.82, 2.24) is 10.2 Å². The molecule has 5 nitrogen and oxygen atoms in total. The Balaban J connectivity index is 2.36. The number of carbonyl (C=O) groups is 1. The highest BCUT2D eigenvalue weighted by atomic mass is 16.6. The Hall–Kier alpha value is -0.810. The number of ether oxygens (including phenoxy) is 1. The summed E-state index contributed by atoms with van der Waals surface area (Å²) in [6.07, 6.45) is 5.68. The van der Waals surface area contributed by atoms with Crippen LogP contribution in [0.5, 0.6) is 0 Å². The molecule has 130 valence electrons. The number of likely N-dealkylation sites (N-methyl/N-ethyl adjacent to an activating group) is 1. The average Bonchev–Trinajstić information content (AvgIpc) is 2.41. The first-order valence-electron chi connectivity index (χ1n) is 8.61. The molecule has 22 heavy (non-hydrogen) atoms. The van der Waals surface area contributed by atoms with E-state index in [1.807, 2.05) is 20.8 Å². The van der Waals surface area contributed by atoms with Gasteiger partial charge >= 0.3 is 6.09 Å². The molecule has 1 aliphatic carbocycles. The van der Waals surface area contributed by atoms with E-state index in [2.05, 4.69) is 24.2 Å². The Kier molecular flexibility index (Phi) is 7.63. The second-order valence-corrected chi connectivity index (χ2v) is 7.70. The quantitative estimate of drug-likeness (QED) is 0.791. The van der Waals surface area contributed by atoms with Crippen molar-refractivity contribution in [2.24, 2.45) is 11.7 Å². The minimum absolute atomic E-state index is 0.310. The third-order valence-electron chi connectivity index (χ3n) is 4.48. The minimum atomic E-state index is -0.452. The molecule has 1 amide bonds. The molecule has 1 rings (SSSR count). The maximum absolute atomic E-state index is 11.7. The fourth-order valence-electron chi connectivity index (χ4n) is 3.21. The molecule has 0 bridgehead atoms. The Morgan fingerprint density at radius 3 is 2.64 bits per heavy atom. The van der Waals surface area contributed by atoms with Crippen LogP contribution in [0.15, 0.2) is 0 Å². The van der Waals surface area contributed by atoms with Crippen LogP contribution in [0.4, 0.5) is 4.79 Å². The number of alkyl carbamates (subject to hydrolysis) is 1. The summed E-state index contributed by atoms with van der Waals surface area (Å²) in [5.74, 6) is 0.805. The molecule has 1 saturated carbocycles. The fraction of sp³-hybridized carbons (Fsp3) is 0.941. The van der Waals surface area contributed by atoms with Gasteiger partial charge in [0.2, 0.25) is 0 Å². The molecule has 0 radical (unpaired) electrons. The maximum Gasteiger partial charge on any atom is 0.407 e. The van der Waals surface area contributed by atoms with Gasteiger partial charge in [-0.25, -0.2) is 4.79 Å². The van der Waals surface area contributed by atoms with E-state index in [4.69, 9.17) is 10.5 Å². The first-order valence-corrected chi connectivity index (χ1v) is 8.61. The molecule has 0 aliphatic heterocycles. The van der Waals surface area contributed by atoms with Gasteiger partial charge in [0.25, 0.3) is 0 Å². The summed E-state index contributed by atoms with van der Waals surface area (Å²) in [6.45, 7) is 9.16. The van der Waals surface area contributed by atoms with Crippen molar-refractivity contribution in [3.8, 4) is 0 Å². The van der Waals surface area contributed by atoms with Crippen molar-refractivity contribution in [2.45, 2.75) is 77.5 Å². The molecule has 3 unspecified atom stereocenters. The first kappa shape index (κ1) is 19.2. The van der Waals surface area contributed by atoms with E-state index in [0.29, 0.717) is 25.2 Å². The molecule has 0 spiro atoms. The van der Waals surface area contributed by atoms with Crippen LogP contribution < -0.4 is 11.1 Å². The predicted molar refractivity (Wildman–Crippen MR) is 90.9 cm³/mol. The molecule has 0 aromatic rings. The summed E-state index contributed by atoms with van der Waals surface area (Å²) in [6, 6.07) is 0.934. The van der Waals surface area contributed by atoms with E-state index in [9.17, 15) is 4.79 Å². The normalized spacial score (nSPS) is 24.1.